The van der Waals surface area contributed by atoms with Crippen molar-refractivity contribution < 1.29 is 34.4 Å². The van der Waals surface area contributed by atoms with Gasteiger partial charge in [0.1, 0.15) is 29.2 Å². The minimum Gasteiger partial charge on any atom is -0.508 e. The van der Waals surface area contributed by atoms with Crippen LogP contribution in [0.2, 0.25) is 0 Å². The first kappa shape index (κ1) is 30.4. The lowest BCUT2D eigenvalue weighted by molar-refractivity contribution is -0.143. The van der Waals surface area contributed by atoms with E-state index in [2.05, 4.69) is 10.6 Å². The molecule has 0 aliphatic heterocycles. The summed E-state index contributed by atoms with van der Waals surface area (Å²) in [6.07, 6.45) is 0.752. The zero-order chi connectivity index (χ0) is 28.3. The lowest BCUT2D eigenvalue weighted by atomic mass is 9.99. The van der Waals surface area contributed by atoms with Gasteiger partial charge in [-0.15, -0.1) is 0 Å². The molecule has 208 valence electrons. The highest BCUT2D eigenvalue weighted by atomic mass is 16.6. The summed E-state index contributed by atoms with van der Waals surface area (Å²) in [6.45, 7) is 6.72. The highest BCUT2D eigenvalue weighted by molar-refractivity contribution is 5.92. The number of hydrogen-bond acceptors (Lipinski definition) is 7. The molecular formula is C28H39N3O7. The van der Waals surface area contributed by atoms with Gasteiger partial charge in [-0.25, -0.2) is 4.79 Å². The lowest BCUT2D eigenvalue weighted by Gasteiger charge is -2.34. The Labute approximate surface area is 223 Å². The van der Waals surface area contributed by atoms with E-state index < -0.39 is 42.2 Å². The van der Waals surface area contributed by atoms with Gasteiger partial charge < -0.3 is 35.6 Å². The number of unbranched alkanes of at least 4 members (excludes halogenated alkanes) is 1. The molecule has 3 amide bonds. The van der Waals surface area contributed by atoms with E-state index in [4.69, 9.17) is 4.74 Å². The Morgan fingerprint density at radius 3 is 2.26 bits per heavy atom. The van der Waals surface area contributed by atoms with Gasteiger partial charge in [0.05, 0.1) is 6.61 Å². The average Bonchev–Trinajstić information content (AvgIpc) is 2.84. The van der Waals surface area contributed by atoms with Crippen LogP contribution in [0.1, 0.15) is 57.7 Å². The summed E-state index contributed by atoms with van der Waals surface area (Å²) in [5.41, 5.74) is -0.00459. The number of aliphatic hydroxyl groups excluding tert-OH is 1. The van der Waals surface area contributed by atoms with E-state index >= 15 is 0 Å². The molecule has 0 heterocycles. The zero-order valence-electron chi connectivity index (χ0n) is 22.4. The predicted molar refractivity (Wildman–Crippen MR) is 143 cm³/mol. The summed E-state index contributed by atoms with van der Waals surface area (Å²) in [7, 11) is 0. The number of rotatable bonds is 12. The third-order valence-corrected chi connectivity index (χ3v) is 5.61. The Hall–Kier alpha value is -3.79. The number of aliphatic hydroxyl groups is 1. The van der Waals surface area contributed by atoms with Crippen molar-refractivity contribution in [1.29, 1.82) is 0 Å². The second-order valence-electron chi connectivity index (χ2n) is 9.93. The van der Waals surface area contributed by atoms with Gasteiger partial charge in [-0.3, -0.25) is 9.59 Å². The number of carbonyl (C=O) groups is 3. The lowest BCUT2D eigenvalue weighted by Crippen LogP contribution is -2.54. The summed E-state index contributed by atoms with van der Waals surface area (Å²) in [4.78, 5) is 41.2. The fraction of sp³-hybridized carbons (Fsp3) is 0.464. The maximum Gasteiger partial charge on any atom is 0.408 e. The molecule has 0 spiro atoms. The van der Waals surface area contributed by atoms with Crippen molar-refractivity contribution in [3.05, 3.63) is 59.7 Å². The predicted octanol–water partition coefficient (Wildman–Crippen LogP) is 3.01. The maximum atomic E-state index is 14.0. The van der Waals surface area contributed by atoms with E-state index in [1.807, 2.05) is 6.92 Å². The van der Waals surface area contributed by atoms with Crippen molar-refractivity contribution >= 4 is 17.9 Å². The largest absolute Gasteiger partial charge is 0.508 e. The van der Waals surface area contributed by atoms with E-state index in [9.17, 15) is 29.7 Å². The Bertz CT molecular complexity index is 1070. The van der Waals surface area contributed by atoms with Crippen molar-refractivity contribution in [2.75, 3.05) is 19.7 Å². The summed E-state index contributed by atoms with van der Waals surface area (Å²) >= 11 is 0. The highest BCUT2D eigenvalue weighted by Gasteiger charge is 2.37. The van der Waals surface area contributed by atoms with E-state index in [1.54, 1.807) is 45.0 Å². The molecule has 0 aliphatic rings. The summed E-state index contributed by atoms with van der Waals surface area (Å²) < 4.78 is 5.36. The van der Waals surface area contributed by atoms with Crippen LogP contribution in [0.15, 0.2) is 48.5 Å². The minimum atomic E-state index is -1.27. The van der Waals surface area contributed by atoms with E-state index in [-0.39, 0.29) is 30.0 Å². The van der Waals surface area contributed by atoms with Crippen LogP contribution in [0, 0.1) is 0 Å². The number of para-hydroxylation sites is 1. The number of nitrogens with zero attached hydrogens (tertiary/aromatic N) is 1. The molecule has 0 aliphatic carbocycles. The van der Waals surface area contributed by atoms with Crippen molar-refractivity contribution in [2.24, 2.45) is 0 Å². The SMILES string of the molecule is CCCCNC(=O)C(c1ccccc1O)N(CCO)C(=O)C(Cc1ccc(O)cc1)NC(=O)OC(C)(C)C. The van der Waals surface area contributed by atoms with E-state index in [0.717, 1.165) is 17.7 Å². The number of benzene rings is 2. The molecule has 2 rings (SSSR count). The third kappa shape index (κ3) is 9.26. The van der Waals surface area contributed by atoms with E-state index in [1.165, 1.54) is 24.3 Å². The second kappa shape index (κ2) is 14.2. The molecule has 10 heteroatoms. The van der Waals surface area contributed by atoms with Crippen LogP contribution in [0.5, 0.6) is 11.5 Å². The number of phenolic OH excluding ortho intramolecular Hbond substituents is 2. The number of ether oxygens (including phenoxy) is 1. The topological polar surface area (TPSA) is 148 Å². The normalized spacial score (nSPS) is 12.8. The summed E-state index contributed by atoms with van der Waals surface area (Å²) in [6, 6.07) is 9.87. The molecule has 0 bridgehead atoms. The first-order chi connectivity index (χ1) is 18.0. The van der Waals surface area contributed by atoms with Crippen LogP contribution in [-0.2, 0) is 20.7 Å². The molecule has 5 N–H and O–H groups in total. The van der Waals surface area contributed by atoms with Crippen molar-refractivity contribution in [1.82, 2.24) is 15.5 Å². The molecule has 0 saturated heterocycles. The quantitative estimate of drug-likeness (QED) is 0.265. The molecule has 0 saturated carbocycles. The molecule has 2 unspecified atom stereocenters. The average molecular weight is 530 g/mol. The number of hydrogen-bond donors (Lipinski definition) is 5. The first-order valence-corrected chi connectivity index (χ1v) is 12.7. The second-order valence-corrected chi connectivity index (χ2v) is 9.93. The van der Waals surface area contributed by atoms with Gasteiger partial charge in [-0.1, -0.05) is 43.7 Å². The Balaban J connectivity index is 2.50. The Morgan fingerprint density at radius 2 is 1.68 bits per heavy atom. The molecule has 0 radical (unpaired) electrons. The van der Waals surface area contributed by atoms with Crippen molar-refractivity contribution in [3.8, 4) is 11.5 Å². The molecule has 0 fully saturated rings. The number of alkyl carbamates (subject to hydrolysis) is 1. The van der Waals surface area contributed by atoms with Gasteiger partial charge in [0.2, 0.25) is 11.8 Å². The molecule has 2 aromatic carbocycles. The first-order valence-electron chi connectivity index (χ1n) is 12.7. The fourth-order valence-corrected chi connectivity index (χ4v) is 3.85. The van der Waals surface area contributed by atoms with E-state index in [0.29, 0.717) is 12.1 Å². The smallest absolute Gasteiger partial charge is 0.408 e. The van der Waals surface area contributed by atoms with Gasteiger partial charge in [-0.2, -0.15) is 0 Å². The summed E-state index contributed by atoms with van der Waals surface area (Å²) in [5, 5.41) is 35.5. The van der Waals surface area contributed by atoms with Crippen LogP contribution in [0.25, 0.3) is 0 Å². The zero-order valence-corrected chi connectivity index (χ0v) is 22.4. The number of carbonyl (C=O) groups excluding carboxylic acids is 3. The summed E-state index contributed by atoms with van der Waals surface area (Å²) in [5.74, 6) is -1.32. The van der Waals surface area contributed by atoms with Crippen LogP contribution >= 0.6 is 0 Å². The standard InChI is InChI=1S/C28H39N3O7/c1-5-6-15-29-25(35)24(21-9-7-8-10-23(21)34)31(16-17-32)26(36)22(30-27(37)38-28(2,3)4)18-19-11-13-20(33)14-12-19/h7-14,22,24,32-34H,5-6,15-18H2,1-4H3,(H,29,35)(H,30,37). The highest BCUT2D eigenvalue weighted by Crippen LogP contribution is 2.30. The van der Waals surface area contributed by atoms with Crippen molar-refractivity contribution in [3.63, 3.8) is 0 Å². The third-order valence-electron chi connectivity index (χ3n) is 5.61. The van der Waals surface area contributed by atoms with Gasteiger partial charge in [-0.05, 0) is 51.0 Å². The number of amides is 3. The number of aromatic hydroxyl groups is 2. The number of phenols is 2. The minimum absolute atomic E-state index is 0.0191. The maximum absolute atomic E-state index is 14.0. The Kier molecular flexibility index (Phi) is 11.4. The fourth-order valence-electron chi connectivity index (χ4n) is 3.85. The molecular weight excluding hydrogens is 490 g/mol. The van der Waals surface area contributed by atoms with Gasteiger partial charge in [0.25, 0.3) is 0 Å². The monoisotopic (exact) mass is 529 g/mol. The van der Waals surface area contributed by atoms with Crippen LogP contribution < -0.4 is 10.6 Å². The number of nitrogens with one attached hydrogen (secondary N) is 2. The molecule has 10 nitrogen and oxygen atoms in total. The molecule has 0 aromatic heterocycles. The molecule has 38 heavy (non-hydrogen) atoms. The van der Waals surface area contributed by atoms with Crippen LogP contribution in [0.3, 0.4) is 0 Å². The van der Waals surface area contributed by atoms with Crippen LogP contribution in [0.4, 0.5) is 4.79 Å². The van der Waals surface area contributed by atoms with Crippen molar-refractivity contribution in [2.45, 2.75) is 64.6 Å². The molecule has 2 aromatic rings. The van der Waals surface area contributed by atoms with Crippen LogP contribution in [-0.4, -0.2) is 69.5 Å². The van der Waals surface area contributed by atoms with Gasteiger partial charge >= 0.3 is 6.09 Å². The molecule has 2 atom stereocenters. The van der Waals surface area contributed by atoms with Gasteiger partial charge in [0.15, 0.2) is 0 Å². The Morgan fingerprint density at radius 1 is 1.03 bits per heavy atom. The van der Waals surface area contributed by atoms with Gasteiger partial charge in [0, 0.05) is 25.1 Å².